The molecule has 0 unspecified atom stereocenters. The maximum Gasteiger partial charge on any atom is 0.417 e. The molecule has 0 atom stereocenters. The summed E-state index contributed by atoms with van der Waals surface area (Å²) in [7, 11) is 0. The van der Waals surface area contributed by atoms with E-state index in [2.05, 4.69) is 25.6 Å². The first-order valence-corrected chi connectivity index (χ1v) is 9.63. The molecule has 0 fully saturated rings. The van der Waals surface area contributed by atoms with Crippen molar-refractivity contribution < 1.29 is 22.3 Å². The highest BCUT2D eigenvalue weighted by Crippen LogP contribution is 2.29. The van der Waals surface area contributed by atoms with Crippen LogP contribution in [0.4, 0.5) is 13.2 Å². The van der Waals surface area contributed by atoms with Crippen LogP contribution in [0.3, 0.4) is 0 Å². The van der Waals surface area contributed by atoms with Crippen LogP contribution in [0.15, 0.2) is 64.3 Å². The largest absolute Gasteiger partial charge is 0.476 e. The quantitative estimate of drug-likeness (QED) is 0.319. The fourth-order valence-corrected chi connectivity index (χ4v) is 2.55. The Balaban J connectivity index is 1.48. The zero-order valence-corrected chi connectivity index (χ0v) is 16.8. The third-order valence-corrected chi connectivity index (χ3v) is 4.02. The Morgan fingerprint density at radius 2 is 1.94 bits per heavy atom. The Hall–Kier alpha value is -3.56. The first-order valence-electron chi connectivity index (χ1n) is 9.63. The van der Waals surface area contributed by atoms with Crippen LogP contribution in [-0.2, 0) is 12.7 Å². The van der Waals surface area contributed by atoms with Crippen molar-refractivity contribution in [3.05, 3.63) is 66.2 Å². The predicted molar refractivity (Wildman–Crippen MR) is 109 cm³/mol. The molecule has 2 N–H and O–H groups in total. The number of hydrogen-bond acceptors (Lipinski definition) is 5. The summed E-state index contributed by atoms with van der Waals surface area (Å²) in [6.07, 6.45) is -2.11. The van der Waals surface area contributed by atoms with Crippen LogP contribution < -0.4 is 15.4 Å². The number of nitrogens with one attached hydrogen (secondary N) is 2. The topological polar surface area (TPSA) is 84.6 Å². The molecule has 0 spiro atoms. The number of oxazole rings is 1. The fraction of sp³-hybridized carbons (Fsp3) is 0.286. The van der Waals surface area contributed by atoms with Crippen molar-refractivity contribution >= 4 is 5.96 Å². The molecule has 3 aromatic rings. The minimum atomic E-state index is -4.42. The standard InChI is InChI=1S/C21H22F3N5O2/c1-2-25-20(26-10-11-30-18-9-8-16(12-27-18)21(22,23)24)28-13-17-14-31-19(29-17)15-6-4-3-5-7-15/h3-9,12,14H,2,10-11,13H2,1H3,(H2,25,26,28). The molecule has 7 nitrogen and oxygen atoms in total. The molecule has 0 aliphatic carbocycles. The molecule has 0 bridgehead atoms. The summed E-state index contributed by atoms with van der Waals surface area (Å²) < 4.78 is 48.5. The highest BCUT2D eigenvalue weighted by Gasteiger charge is 2.30. The van der Waals surface area contributed by atoms with Crippen molar-refractivity contribution in [1.82, 2.24) is 20.6 Å². The van der Waals surface area contributed by atoms with Gasteiger partial charge in [0, 0.05) is 24.4 Å². The van der Waals surface area contributed by atoms with Gasteiger partial charge in [-0.2, -0.15) is 13.2 Å². The van der Waals surface area contributed by atoms with Gasteiger partial charge in [-0.15, -0.1) is 0 Å². The highest BCUT2D eigenvalue weighted by molar-refractivity contribution is 5.79. The molecule has 0 aliphatic heterocycles. The van der Waals surface area contributed by atoms with Crippen LogP contribution in [0.25, 0.3) is 11.5 Å². The number of aliphatic imine (C=N–C) groups is 1. The van der Waals surface area contributed by atoms with Gasteiger partial charge in [0.2, 0.25) is 11.8 Å². The maximum absolute atomic E-state index is 12.5. The average Bonchev–Trinajstić information content (AvgIpc) is 3.24. The number of halogens is 3. The minimum absolute atomic E-state index is 0.118. The van der Waals surface area contributed by atoms with Gasteiger partial charge in [-0.1, -0.05) is 18.2 Å². The van der Waals surface area contributed by atoms with Gasteiger partial charge in [0.05, 0.1) is 18.7 Å². The number of nitrogens with zero attached hydrogens (tertiary/aromatic N) is 3. The van der Waals surface area contributed by atoms with E-state index in [-0.39, 0.29) is 12.5 Å². The van der Waals surface area contributed by atoms with Gasteiger partial charge in [-0.05, 0) is 25.1 Å². The molecule has 31 heavy (non-hydrogen) atoms. The Morgan fingerprint density at radius 3 is 2.61 bits per heavy atom. The molecular weight excluding hydrogens is 411 g/mol. The lowest BCUT2D eigenvalue weighted by Gasteiger charge is -2.12. The number of aromatic nitrogens is 2. The lowest BCUT2D eigenvalue weighted by atomic mass is 10.2. The number of ether oxygens (including phenoxy) is 1. The zero-order chi connectivity index (χ0) is 22.1. The molecule has 10 heteroatoms. The van der Waals surface area contributed by atoms with E-state index in [4.69, 9.17) is 9.15 Å². The SMILES string of the molecule is CCNC(=NCc1coc(-c2ccccc2)n1)NCCOc1ccc(C(F)(F)F)cn1. The van der Waals surface area contributed by atoms with Crippen molar-refractivity contribution in [3.63, 3.8) is 0 Å². The number of benzene rings is 1. The van der Waals surface area contributed by atoms with Crippen LogP contribution in [-0.4, -0.2) is 35.6 Å². The van der Waals surface area contributed by atoms with E-state index < -0.39 is 11.7 Å². The van der Waals surface area contributed by atoms with Crippen LogP contribution in [0.1, 0.15) is 18.2 Å². The zero-order valence-electron chi connectivity index (χ0n) is 16.8. The van der Waals surface area contributed by atoms with Gasteiger partial charge in [0.1, 0.15) is 18.6 Å². The third kappa shape index (κ3) is 6.73. The van der Waals surface area contributed by atoms with E-state index in [9.17, 15) is 13.2 Å². The van der Waals surface area contributed by atoms with Crippen molar-refractivity contribution in [2.24, 2.45) is 4.99 Å². The Labute approximate surface area is 177 Å². The van der Waals surface area contributed by atoms with Gasteiger partial charge < -0.3 is 19.8 Å². The Kier molecular flexibility index (Phi) is 7.47. The predicted octanol–water partition coefficient (Wildman–Crippen LogP) is 3.89. The molecule has 0 saturated carbocycles. The van der Waals surface area contributed by atoms with Crippen LogP contribution in [0.5, 0.6) is 5.88 Å². The Morgan fingerprint density at radius 1 is 1.13 bits per heavy atom. The molecule has 0 radical (unpaired) electrons. The van der Waals surface area contributed by atoms with Gasteiger partial charge in [-0.25, -0.2) is 15.0 Å². The summed E-state index contributed by atoms with van der Waals surface area (Å²) in [5.74, 6) is 1.20. The molecular formula is C21H22F3N5O2. The minimum Gasteiger partial charge on any atom is -0.476 e. The molecule has 1 aromatic carbocycles. The molecule has 0 amide bonds. The van der Waals surface area contributed by atoms with Crippen LogP contribution in [0.2, 0.25) is 0 Å². The van der Waals surface area contributed by atoms with E-state index in [1.165, 1.54) is 6.07 Å². The summed E-state index contributed by atoms with van der Waals surface area (Å²) in [5.41, 5.74) is 0.751. The first kappa shape index (κ1) is 22.1. The molecule has 2 heterocycles. The van der Waals surface area contributed by atoms with E-state index in [0.717, 1.165) is 17.8 Å². The summed E-state index contributed by atoms with van der Waals surface area (Å²) in [4.78, 5) is 12.5. The molecule has 0 aliphatic rings. The van der Waals surface area contributed by atoms with E-state index >= 15 is 0 Å². The normalized spacial score (nSPS) is 11.9. The second-order valence-electron chi connectivity index (χ2n) is 6.36. The van der Waals surface area contributed by atoms with Gasteiger partial charge in [-0.3, -0.25) is 0 Å². The van der Waals surface area contributed by atoms with Gasteiger partial charge in [0.15, 0.2) is 5.96 Å². The molecule has 2 aromatic heterocycles. The summed E-state index contributed by atoms with van der Waals surface area (Å²) in [5, 5.41) is 6.18. The van der Waals surface area contributed by atoms with Gasteiger partial charge in [0.25, 0.3) is 0 Å². The monoisotopic (exact) mass is 433 g/mol. The smallest absolute Gasteiger partial charge is 0.417 e. The number of hydrogen-bond donors (Lipinski definition) is 2. The van der Waals surface area contributed by atoms with Crippen LogP contribution in [0, 0.1) is 0 Å². The van der Waals surface area contributed by atoms with E-state index in [1.807, 2.05) is 37.3 Å². The van der Waals surface area contributed by atoms with Crippen molar-refractivity contribution in [3.8, 4) is 17.3 Å². The molecule has 0 saturated heterocycles. The number of alkyl halides is 3. The first-order chi connectivity index (χ1) is 15.0. The molecule has 3 rings (SSSR count). The highest BCUT2D eigenvalue weighted by atomic mass is 19.4. The van der Waals surface area contributed by atoms with Crippen molar-refractivity contribution in [2.75, 3.05) is 19.7 Å². The summed E-state index contributed by atoms with van der Waals surface area (Å²) in [6, 6.07) is 11.7. The van der Waals surface area contributed by atoms with Crippen molar-refractivity contribution in [1.29, 1.82) is 0 Å². The van der Waals surface area contributed by atoms with Crippen molar-refractivity contribution in [2.45, 2.75) is 19.6 Å². The number of guanidine groups is 1. The second-order valence-corrected chi connectivity index (χ2v) is 6.36. The Bertz CT molecular complexity index is 973. The second kappa shape index (κ2) is 10.5. The van der Waals surface area contributed by atoms with E-state index in [0.29, 0.717) is 37.2 Å². The third-order valence-electron chi connectivity index (χ3n) is 4.02. The molecule has 164 valence electrons. The maximum atomic E-state index is 12.5. The summed E-state index contributed by atoms with van der Waals surface area (Å²) >= 11 is 0. The summed E-state index contributed by atoms with van der Waals surface area (Å²) in [6.45, 7) is 3.48. The lowest BCUT2D eigenvalue weighted by Crippen LogP contribution is -2.39. The average molecular weight is 433 g/mol. The lowest BCUT2D eigenvalue weighted by molar-refractivity contribution is -0.137. The van der Waals surface area contributed by atoms with Crippen LogP contribution >= 0.6 is 0 Å². The number of rotatable bonds is 8. The fourth-order valence-electron chi connectivity index (χ4n) is 2.55. The van der Waals surface area contributed by atoms with Gasteiger partial charge >= 0.3 is 6.18 Å². The number of pyridine rings is 1. The van der Waals surface area contributed by atoms with E-state index in [1.54, 1.807) is 6.26 Å².